The van der Waals surface area contributed by atoms with Crippen LogP contribution in [0.15, 0.2) is 15.8 Å². The average molecular weight is 360 g/mol. The fourth-order valence-electron chi connectivity index (χ4n) is 2.77. The molecule has 2 atom stereocenters. The Labute approximate surface area is 140 Å². The van der Waals surface area contributed by atoms with Crippen LogP contribution in [-0.2, 0) is 18.3 Å². The van der Waals surface area contributed by atoms with Crippen molar-refractivity contribution in [2.75, 3.05) is 19.4 Å². The zero-order chi connectivity index (χ0) is 17.7. The first-order chi connectivity index (χ1) is 11.4. The fraction of sp³-hybridized carbons (Fsp3) is 0.733. The number of H-pyrrole nitrogens is 1. The Hall–Kier alpha value is -1.21. The van der Waals surface area contributed by atoms with Crippen LogP contribution in [0.4, 0.5) is 0 Å². The van der Waals surface area contributed by atoms with Gasteiger partial charge in [0.25, 0.3) is 5.56 Å². The van der Waals surface area contributed by atoms with Crippen molar-refractivity contribution in [1.29, 1.82) is 0 Å². The third-order valence-electron chi connectivity index (χ3n) is 3.92. The highest BCUT2D eigenvalue weighted by Gasteiger charge is 2.31. The van der Waals surface area contributed by atoms with Gasteiger partial charge in [0.15, 0.2) is 0 Å². The highest BCUT2D eigenvalue weighted by Crippen LogP contribution is 2.49. The lowest BCUT2D eigenvalue weighted by Crippen LogP contribution is -2.33. The summed E-state index contributed by atoms with van der Waals surface area (Å²) in [6, 6.07) is 0. The van der Waals surface area contributed by atoms with E-state index in [-0.39, 0.29) is 17.8 Å². The molecule has 0 aromatic carbocycles. The van der Waals surface area contributed by atoms with Crippen LogP contribution in [0.1, 0.15) is 44.9 Å². The van der Waals surface area contributed by atoms with E-state index in [2.05, 4.69) is 4.98 Å². The lowest BCUT2D eigenvalue weighted by molar-refractivity contribution is -0.00247. The number of aromatic nitrogens is 2. The minimum atomic E-state index is -3.08. The number of hydrogen-bond donors (Lipinski definition) is 1. The summed E-state index contributed by atoms with van der Waals surface area (Å²) in [5.41, 5.74) is -0.412. The number of aryl methyl sites for hydroxylation is 1. The Morgan fingerprint density at radius 2 is 1.96 bits per heavy atom. The van der Waals surface area contributed by atoms with E-state index in [4.69, 9.17) is 13.8 Å². The first-order valence-electron chi connectivity index (χ1n) is 8.24. The molecule has 1 fully saturated rings. The van der Waals surface area contributed by atoms with Gasteiger partial charge in [-0.15, -0.1) is 0 Å². The van der Waals surface area contributed by atoms with Crippen molar-refractivity contribution in [3.63, 3.8) is 0 Å². The molecule has 2 heterocycles. The molecule has 0 radical (unpaired) electrons. The van der Waals surface area contributed by atoms with Crippen LogP contribution < -0.4 is 11.2 Å². The smallest absolute Gasteiger partial charge is 0.330 e. The molecule has 0 unspecified atom stereocenters. The van der Waals surface area contributed by atoms with Crippen LogP contribution in [-0.4, -0.2) is 35.0 Å². The van der Waals surface area contributed by atoms with Crippen LogP contribution in [0.25, 0.3) is 0 Å². The Bertz CT molecular complexity index is 703. The van der Waals surface area contributed by atoms with E-state index in [9.17, 15) is 14.2 Å². The number of aromatic amines is 1. The van der Waals surface area contributed by atoms with E-state index in [1.807, 2.05) is 0 Å². The van der Waals surface area contributed by atoms with E-state index in [1.54, 1.807) is 20.8 Å². The number of nitrogens with one attached hydrogen (secondary N) is 1. The monoisotopic (exact) mass is 360 g/mol. The SMILES string of the molecule is CCOP(=O)(CC[C@@H]1CC[C@H](n2cc(C)c(=O)[nH]c2=O)O1)OCC. The zero-order valence-corrected chi connectivity index (χ0v) is 15.2. The molecule has 1 saturated heterocycles. The van der Waals surface area contributed by atoms with Crippen LogP contribution in [0.5, 0.6) is 0 Å². The van der Waals surface area contributed by atoms with E-state index in [0.29, 0.717) is 31.6 Å². The van der Waals surface area contributed by atoms with Crippen molar-refractivity contribution in [3.05, 3.63) is 32.6 Å². The Morgan fingerprint density at radius 3 is 2.58 bits per heavy atom. The molecule has 0 aliphatic carbocycles. The third kappa shape index (κ3) is 4.66. The molecule has 0 saturated carbocycles. The van der Waals surface area contributed by atoms with Gasteiger partial charge in [0.1, 0.15) is 6.23 Å². The van der Waals surface area contributed by atoms with Crippen molar-refractivity contribution >= 4 is 7.60 Å². The molecule has 9 heteroatoms. The van der Waals surface area contributed by atoms with Crippen molar-refractivity contribution < 1.29 is 18.3 Å². The molecule has 1 aromatic rings. The second-order valence-electron chi connectivity index (χ2n) is 5.73. The predicted molar refractivity (Wildman–Crippen MR) is 89.5 cm³/mol. The lowest BCUT2D eigenvalue weighted by atomic mass is 10.2. The molecule has 1 N–H and O–H groups in total. The van der Waals surface area contributed by atoms with Crippen molar-refractivity contribution in [1.82, 2.24) is 9.55 Å². The topological polar surface area (TPSA) is 99.6 Å². The van der Waals surface area contributed by atoms with E-state index in [1.165, 1.54) is 10.8 Å². The van der Waals surface area contributed by atoms with Crippen LogP contribution >= 0.6 is 7.60 Å². The first-order valence-corrected chi connectivity index (χ1v) is 9.97. The number of rotatable bonds is 8. The fourth-order valence-corrected chi connectivity index (χ4v) is 4.49. The highest BCUT2D eigenvalue weighted by molar-refractivity contribution is 7.53. The largest absolute Gasteiger partial charge is 0.355 e. The van der Waals surface area contributed by atoms with Crippen LogP contribution in [0.2, 0.25) is 0 Å². The van der Waals surface area contributed by atoms with Gasteiger partial charge in [-0.1, -0.05) is 0 Å². The molecule has 1 aromatic heterocycles. The number of nitrogens with zero attached hydrogens (tertiary/aromatic N) is 1. The van der Waals surface area contributed by atoms with Gasteiger partial charge in [0.2, 0.25) is 0 Å². The summed E-state index contributed by atoms with van der Waals surface area (Å²) in [5, 5.41) is 0. The summed E-state index contributed by atoms with van der Waals surface area (Å²) >= 11 is 0. The van der Waals surface area contributed by atoms with Gasteiger partial charge >= 0.3 is 13.3 Å². The molecule has 0 spiro atoms. The minimum Gasteiger partial charge on any atom is -0.355 e. The number of ether oxygens (including phenoxy) is 1. The summed E-state index contributed by atoms with van der Waals surface area (Å²) in [7, 11) is -3.08. The van der Waals surface area contributed by atoms with Crippen molar-refractivity contribution in [2.45, 2.75) is 52.4 Å². The molecule has 8 nitrogen and oxygen atoms in total. The molecule has 136 valence electrons. The highest BCUT2D eigenvalue weighted by atomic mass is 31.2. The standard InChI is InChI=1S/C15H25N2O6P/c1-4-21-24(20,22-5-2)9-8-12-6-7-13(23-12)17-10-11(3)14(18)16-15(17)19/h10,12-13H,4-9H2,1-3H3,(H,16,18,19)/t12-,13+/m0/s1. The molecule has 2 rings (SSSR count). The van der Waals surface area contributed by atoms with E-state index < -0.39 is 19.5 Å². The Kier molecular flexibility index (Phi) is 6.57. The van der Waals surface area contributed by atoms with Gasteiger partial charge in [-0.3, -0.25) is 18.9 Å². The van der Waals surface area contributed by atoms with Crippen molar-refractivity contribution in [3.8, 4) is 0 Å². The predicted octanol–water partition coefficient (Wildman–Crippen LogP) is 2.18. The molecule has 24 heavy (non-hydrogen) atoms. The Balaban J connectivity index is 1.98. The minimum absolute atomic E-state index is 0.122. The van der Waals surface area contributed by atoms with Gasteiger partial charge in [-0.2, -0.15) is 0 Å². The summed E-state index contributed by atoms with van der Waals surface area (Å²) in [6.45, 7) is 5.86. The summed E-state index contributed by atoms with van der Waals surface area (Å²) < 4.78 is 30.3. The van der Waals surface area contributed by atoms with Gasteiger partial charge < -0.3 is 13.8 Å². The maximum absolute atomic E-state index is 12.5. The summed E-state index contributed by atoms with van der Waals surface area (Å²) in [6.07, 6.45) is 3.19. The molecular weight excluding hydrogens is 335 g/mol. The normalized spacial score (nSPS) is 21.3. The van der Waals surface area contributed by atoms with Crippen LogP contribution in [0, 0.1) is 6.92 Å². The maximum atomic E-state index is 12.5. The summed E-state index contributed by atoms with van der Waals surface area (Å²) in [4.78, 5) is 25.6. The van der Waals surface area contributed by atoms with Crippen LogP contribution in [0.3, 0.4) is 0 Å². The van der Waals surface area contributed by atoms with Crippen molar-refractivity contribution in [2.24, 2.45) is 0 Å². The molecule has 0 bridgehead atoms. The van der Waals surface area contributed by atoms with Gasteiger partial charge in [-0.25, -0.2) is 4.79 Å². The lowest BCUT2D eigenvalue weighted by Gasteiger charge is -2.19. The van der Waals surface area contributed by atoms with Gasteiger partial charge in [0.05, 0.1) is 25.5 Å². The maximum Gasteiger partial charge on any atom is 0.330 e. The van der Waals surface area contributed by atoms with Gasteiger partial charge in [-0.05, 0) is 40.0 Å². The molecular formula is C15H25N2O6P. The summed E-state index contributed by atoms with van der Waals surface area (Å²) in [5.74, 6) is 0. The molecule has 0 amide bonds. The first kappa shape index (κ1) is 19.1. The van der Waals surface area contributed by atoms with E-state index in [0.717, 1.165) is 6.42 Å². The quantitative estimate of drug-likeness (QED) is 0.713. The second-order valence-corrected chi connectivity index (χ2v) is 7.91. The zero-order valence-electron chi connectivity index (χ0n) is 14.3. The van der Waals surface area contributed by atoms with E-state index >= 15 is 0 Å². The molecule has 1 aliphatic heterocycles. The Morgan fingerprint density at radius 1 is 1.29 bits per heavy atom. The molecule has 1 aliphatic rings. The average Bonchev–Trinajstić information content (AvgIpc) is 2.98. The van der Waals surface area contributed by atoms with Gasteiger partial charge in [0, 0.05) is 11.8 Å². The second kappa shape index (κ2) is 8.25. The number of hydrogen-bond acceptors (Lipinski definition) is 6. The third-order valence-corrected chi connectivity index (χ3v) is 6.03.